The van der Waals surface area contributed by atoms with Crippen LogP contribution in [0.4, 0.5) is 0 Å². The molecule has 1 atom stereocenters. The zero-order chi connectivity index (χ0) is 10.8. The van der Waals surface area contributed by atoms with Crippen LogP contribution in [-0.4, -0.2) is 10.6 Å². The van der Waals surface area contributed by atoms with E-state index in [1.165, 1.54) is 16.5 Å². The molecule has 0 radical (unpaired) electrons. The van der Waals surface area contributed by atoms with Gasteiger partial charge < -0.3 is 10.3 Å². The normalized spacial score (nSPS) is 13.3. The van der Waals surface area contributed by atoms with Crippen molar-refractivity contribution in [1.29, 1.82) is 0 Å². The van der Waals surface area contributed by atoms with Crippen LogP contribution >= 0.6 is 0 Å². The third-order valence-electron chi connectivity index (χ3n) is 2.85. The monoisotopic (exact) mass is 202 g/mol. The van der Waals surface area contributed by atoms with E-state index < -0.39 is 0 Å². The van der Waals surface area contributed by atoms with Gasteiger partial charge in [-0.3, -0.25) is 0 Å². The first-order valence-corrected chi connectivity index (χ1v) is 5.47. The number of rotatable bonds is 3. The Morgan fingerprint density at radius 2 is 2.13 bits per heavy atom. The third kappa shape index (κ3) is 2.05. The highest BCUT2D eigenvalue weighted by atomic mass is 14.9. The minimum atomic E-state index is 0.278. The lowest BCUT2D eigenvalue weighted by Gasteiger charge is -2.08. The summed E-state index contributed by atoms with van der Waals surface area (Å²) in [5.41, 5.74) is 8.54. The molecule has 80 valence electrons. The fourth-order valence-corrected chi connectivity index (χ4v) is 2.03. The summed E-state index contributed by atoms with van der Waals surface area (Å²) in [5, 5.41) is 1.32. The van der Waals surface area contributed by atoms with Crippen LogP contribution in [0.25, 0.3) is 10.9 Å². The number of aryl methyl sites for hydroxylation is 2. The summed E-state index contributed by atoms with van der Waals surface area (Å²) in [5.74, 6) is 0. The fourth-order valence-electron chi connectivity index (χ4n) is 2.03. The van der Waals surface area contributed by atoms with E-state index in [0.29, 0.717) is 0 Å². The van der Waals surface area contributed by atoms with Crippen molar-refractivity contribution in [2.75, 3.05) is 0 Å². The van der Waals surface area contributed by atoms with E-state index in [1.807, 2.05) is 0 Å². The van der Waals surface area contributed by atoms with Crippen molar-refractivity contribution >= 4 is 10.9 Å². The molecular weight excluding hydrogens is 184 g/mol. The quantitative estimate of drug-likeness (QED) is 0.814. The van der Waals surface area contributed by atoms with E-state index in [-0.39, 0.29) is 6.04 Å². The van der Waals surface area contributed by atoms with Gasteiger partial charge in [0.1, 0.15) is 0 Å². The number of nitrogens with zero attached hydrogens (tertiary/aromatic N) is 1. The molecule has 0 saturated heterocycles. The highest BCUT2D eigenvalue weighted by molar-refractivity contribution is 5.83. The van der Waals surface area contributed by atoms with E-state index in [1.54, 1.807) is 0 Å². The first-order valence-electron chi connectivity index (χ1n) is 5.47. The van der Waals surface area contributed by atoms with Gasteiger partial charge in [0.05, 0.1) is 5.52 Å². The van der Waals surface area contributed by atoms with Crippen molar-refractivity contribution in [1.82, 2.24) is 4.57 Å². The number of aromatic nitrogens is 1. The molecule has 0 bridgehead atoms. The molecule has 2 N–H and O–H groups in total. The predicted octanol–water partition coefficient (Wildman–Crippen LogP) is 2.46. The zero-order valence-electron chi connectivity index (χ0n) is 9.40. The maximum atomic E-state index is 5.79. The lowest BCUT2D eigenvalue weighted by Crippen LogP contribution is -2.15. The second kappa shape index (κ2) is 4.07. The SMILES string of the molecule is CC(N)CCc1cccc2ccn(C)c12. The molecule has 0 saturated carbocycles. The van der Waals surface area contributed by atoms with Gasteiger partial charge in [0.2, 0.25) is 0 Å². The number of fused-ring (bicyclic) bond motifs is 1. The third-order valence-corrected chi connectivity index (χ3v) is 2.85. The number of para-hydroxylation sites is 1. The van der Waals surface area contributed by atoms with E-state index in [2.05, 4.69) is 49.0 Å². The van der Waals surface area contributed by atoms with E-state index in [9.17, 15) is 0 Å². The Morgan fingerprint density at radius 3 is 2.87 bits per heavy atom. The van der Waals surface area contributed by atoms with Crippen molar-refractivity contribution in [3.63, 3.8) is 0 Å². The number of hydrogen-bond acceptors (Lipinski definition) is 1. The second-order valence-electron chi connectivity index (χ2n) is 4.30. The Bertz CT molecular complexity index is 455. The van der Waals surface area contributed by atoms with Gasteiger partial charge in [-0.15, -0.1) is 0 Å². The van der Waals surface area contributed by atoms with Crippen LogP contribution in [0.1, 0.15) is 18.9 Å². The van der Waals surface area contributed by atoms with Crippen LogP contribution in [0.3, 0.4) is 0 Å². The van der Waals surface area contributed by atoms with Crippen molar-refractivity contribution in [3.05, 3.63) is 36.0 Å². The fraction of sp³-hybridized carbons (Fsp3) is 0.385. The van der Waals surface area contributed by atoms with Crippen LogP contribution in [0.15, 0.2) is 30.5 Å². The molecular formula is C13H18N2. The minimum Gasteiger partial charge on any atom is -0.350 e. The summed E-state index contributed by atoms with van der Waals surface area (Å²) in [6, 6.07) is 8.92. The Kier molecular flexibility index (Phi) is 2.78. The maximum Gasteiger partial charge on any atom is 0.0510 e. The molecule has 1 aromatic heterocycles. The topological polar surface area (TPSA) is 30.9 Å². The molecule has 0 amide bonds. The van der Waals surface area contributed by atoms with Crippen LogP contribution in [0.2, 0.25) is 0 Å². The number of benzene rings is 1. The van der Waals surface area contributed by atoms with Gasteiger partial charge in [-0.25, -0.2) is 0 Å². The lowest BCUT2D eigenvalue weighted by molar-refractivity contribution is 0.666. The molecule has 1 heterocycles. The van der Waals surface area contributed by atoms with Gasteiger partial charge in [-0.1, -0.05) is 18.2 Å². The molecule has 0 aliphatic heterocycles. The summed E-state index contributed by atoms with van der Waals surface area (Å²) in [7, 11) is 2.09. The Hall–Kier alpha value is -1.28. The summed E-state index contributed by atoms with van der Waals surface area (Å²) >= 11 is 0. The molecule has 0 spiro atoms. The van der Waals surface area contributed by atoms with E-state index in [4.69, 9.17) is 5.73 Å². The summed E-state index contributed by atoms with van der Waals surface area (Å²) in [6.45, 7) is 2.06. The van der Waals surface area contributed by atoms with E-state index in [0.717, 1.165) is 12.8 Å². The first-order chi connectivity index (χ1) is 7.18. The van der Waals surface area contributed by atoms with Crippen LogP contribution in [0, 0.1) is 0 Å². The van der Waals surface area contributed by atoms with Gasteiger partial charge >= 0.3 is 0 Å². The predicted molar refractivity (Wildman–Crippen MR) is 64.9 cm³/mol. The largest absolute Gasteiger partial charge is 0.350 e. The molecule has 1 aromatic carbocycles. The molecule has 2 aromatic rings. The molecule has 0 aliphatic rings. The summed E-state index contributed by atoms with van der Waals surface area (Å²) in [6.07, 6.45) is 4.22. The van der Waals surface area contributed by atoms with Gasteiger partial charge in [-0.05, 0) is 36.8 Å². The van der Waals surface area contributed by atoms with Gasteiger partial charge in [0.15, 0.2) is 0 Å². The van der Waals surface area contributed by atoms with Crippen molar-refractivity contribution in [2.24, 2.45) is 12.8 Å². The van der Waals surface area contributed by atoms with Gasteiger partial charge in [-0.2, -0.15) is 0 Å². The molecule has 2 rings (SSSR count). The Morgan fingerprint density at radius 1 is 1.33 bits per heavy atom. The smallest absolute Gasteiger partial charge is 0.0510 e. The molecule has 2 nitrogen and oxygen atoms in total. The highest BCUT2D eigenvalue weighted by Crippen LogP contribution is 2.20. The molecule has 0 aliphatic carbocycles. The standard InChI is InChI=1S/C13H18N2/c1-10(14)6-7-11-4-3-5-12-8-9-15(2)13(11)12/h3-5,8-10H,6-7,14H2,1-2H3. The molecule has 0 fully saturated rings. The highest BCUT2D eigenvalue weighted by Gasteiger charge is 2.04. The first kappa shape index (κ1) is 10.2. The average molecular weight is 202 g/mol. The number of nitrogens with two attached hydrogens (primary N) is 1. The zero-order valence-corrected chi connectivity index (χ0v) is 9.40. The molecule has 1 unspecified atom stereocenters. The summed E-state index contributed by atoms with van der Waals surface area (Å²) < 4.78 is 2.19. The lowest BCUT2D eigenvalue weighted by atomic mass is 10.0. The summed E-state index contributed by atoms with van der Waals surface area (Å²) in [4.78, 5) is 0. The minimum absolute atomic E-state index is 0.278. The van der Waals surface area contributed by atoms with Crippen molar-refractivity contribution in [3.8, 4) is 0 Å². The van der Waals surface area contributed by atoms with Crippen LogP contribution in [0.5, 0.6) is 0 Å². The van der Waals surface area contributed by atoms with Crippen molar-refractivity contribution < 1.29 is 0 Å². The van der Waals surface area contributed by atoms with Gasteiger partial charge in [0.25, 0.3) is 0 Å². The molecule has 2 heteroatoms. The van der Waals surface area contributed by atoms with Gasteiger partial charge in [0, 0.05) is 19.3 Å². The van der Waals surface area contributed by atoms with Crippen LogP contribution < -0.4 is 5.73 Å². The second-order valence-corrected chi connectivity index (χ2v) is 4.30. The Balaban J connectivity index is 2.37. The average Bonchev–Trinajstić information content (AvgIpc) is 2.58. The number of hydrogen-bond donors (Lipinski definition) is 1. The van der Waals surface area contributed by atoms with Crippen LogP contribution in [-0.2, 0) is 13.5 Å². The van der Waals surface area contributed by atoms with E-state index >= 15 is 0 Å². The molecule has 15 heavy (non-hydrogen) atoms. The maximum absolute atomic E-state index is 5.79. The van der Waals surface area contributed by atoms with Crippen molar-refractivity contribution in [2.45, 2.75) is 25.8 Å². The Labute approximate surface area is 90.7 Å².